The minimum Gasteiger partial charge on any atom is -0.446 e. The normalized spacial score (nSPS) is 22.6. The molecule has 1 aliphatic heterocycles. The van der Waals surface area contributed by atoms with Crippen LogP contribution in [0.15, 0.2) is 30.3 Å². The summed E-state index contributed by atoms with van der Waals surface area (Å²) in [4.78, 5) is 36.7. The molecule has 0 radical (unpaired) electrons. The Labute approximate surface area is 176 Å². The maximum atomic E-state index is 12.4. The molecule has 30 heavy (non-hydrogen) atoms. The van der Waals surface area contributed by atoms with Crippen LogP contribution >= 0.6 is 0 Å². The van der Waals surface area contributed by atoms with E-state index in [-0.39, 0.29) is 49.1 Å². The first-order valence-corrected chi connectivity index (χ1v) is 11.8. The van der Waals surface area contributed by atoms with Crippen molar-refractivity contribution in [2.75, 3.05) is 17.6 Å². The van der Waals surface area contributed by atoms with Crippen LogP contribution in [-0.4, -0.2) is 55.7 Å². The van der Waals surface area contributed by atoms with Crippen LogP contribution in [0.2, 0.25) is 0 Å². The summed E-state index contributed by atoms with van der Waals surface area (Å²) in [5.41, 5.74) is 0.623. The summed E-state index contributed by atoms with van der Waals surface area (Å²) in [5.74, 6) is -0.977. The lowest BCUT2D eigenvalue weighted by Crippen LogP contribution is -2.46. The van der Waals surface area contributed by atoms with Crippen LogP contribution in [0.25, 0.3) is 0 Å². The summed E-state index contributed by atoms with van der Waals surface area (Å²) in [6, 6.07) is 8.57. The number of hydrogen-bond acceptors (Lipinski definition) is 6. The van der Waals surface area contributed by atoms with Gasteiger partial charge in [-0.1, -0.05) is 18.2 Å². The Morgan fingerprint density at radius 3 is 2.47 bits per heavy atom. The van der Waals surface area contributed by atoms with E-state index >= 15 is 0 Å². The second-order valence-electron chi connectivity index (χ2n) is 7.61. The molecule has 2 aliphatic rings. The van der Waals surface area contributed by atoms with Gasteiger partial charge in [-0.25, -0.2) is 17.9 Å². The SMILES string of the molecule is O=C(Nc1ccccc1)OC1CCCC(NS(=O)(=O)CCN2C(=O)CCCC2=O)C1. The van der Waals surface area contributed by atoms with E-state index in [4.69, 9.17) is 4.74 Å². The molecule has 164 valence electrons. The summed E-state index contributed by atoms with van der Waals surface area (Å²) in [5, 5.41) is 2.65. The molecule has 1 aromatic rings. The zero-order valence-electron chi connectivity index (χ0n) is 16.7. The van der Waals surface area contributed by atoms with Gasteiger partial charge < -0.3 is 4.74 Å². The molecular weight excluding hydrogens is 410 g/mol. The quantitative estimate of drug-likeness (QED) is 0.629. The van der Waals surface area contributed by atoms with Crippen LogP contribution in [0.4, 0.5) is 10.5 Å². The number of anilines is 1. The summed E-state index contributed by atoms with van der Waals surface area (Å²) < 4.78 is 33.0. The number of para-hydroxylation sites is 1. The zero-order valence-corrected chi connectivity index (χ0v) is 17.5. The van der Waals surface area contributed by atoms with Gasteiger partial charge in [-0.3, -0.25) is 19.8 Å². The Balaban J connectivity index is 1.46. The number of amides is 3. The molecule has 2 atom stereocenters. The van der Waals surface area contributed by atoms with Crippen LogP contribution in [-0.2, 0) is 24.3 Å². The molecule has 2 N–H and O–H groups in total. The van der Waals surface area contributed by atoms with Crippen molar-refractivity contribution in [1.82, 2.24) is 9.62 Å². The van der Waals surface area contributed by atoms with E-state index in [1.54, 1.807) is 24.3 Å². The van der Waals surface area contributed by atoms with E-state index in [0.717, 1.165) is 11.3 Å². The van der Waals surface area contributed by atoms with E-state index in [1.807, 2.05) is 6.07 Å². The fraction of sp³-hybridized carbons (Fsp3) is 0.550. The second kappa shape index (κ2) is 10.0. The average Bonchev–Trinajstić information content (AvgIpc) is 2.68. The second-order valence-corrected chi connectivity index (χ2v) is 9.48. The number of carbonyl (C=O) groups is 3. The molecule has 1 saturated carbocycles. The number of hydrogen-bond donors (Lipinski definition) is 2. The molecule has 3 rings (SSSR count). The standard InChI is InChI=1S/C20H27N3O6S/c24-18-10-5-11-19(25)23(18)12-13-30(27,28)22-16-8-4-9-17(14-16)29-20(26)21-15-6-2-1-3-7-15/h1-3,6-7,16-17,22H,4-5,8-14H2,(H,21,26). The third-order valence-corrected chi connectivity index (χ3v) is 6.65. The molecule has 10 heteroatoms. The molecule has 1 heterocycles. The van der Waals surface area contributed by atoms with Crippen LogP contribution in [0.5, 0.6) is 0 Å². The highest BCUT2D eigenvalue weighted by molar-refractivity contribution is 7.89. The van der Waals surface area contributed by atoms with Gasteiger partial charge in [0.1, 0.15) is 6.10 Å². The summed E-state index contributed by atoms with van der Waals surface area (Å²) in [6.45, 7) is -0.140. The average molecular weight is 438 g/mol. The van der Waals surface area contributed by atoms with Crippen LogP contribution in [0, 0.1) is 0 Å². The third-order valence-electron chi connectivity index (χ3n) is 5.23. The van der Waals surface area contributed by atoms with Gasteiger partial charge in [-0.2, -0.15) is 0 Å². The molecule has 1 saturated heterocycles. The molecule has 1 aromatic carbocycles. The Kier molecular flexibility index (Phi) is 7.43. The maximum Gasteiger partial charge on any atom is 0.411 e. The number of carbonyl (C=O) groups excluding carboxylic acids is 3. The molecule has 1 aliphatic carbocycles. The lowest BCUT2D eigenvalue weighted by atomic mass is 9.94. The highest BCUT2D eigenvalue weighted by Crippen LogP contribution is 2.22. The molecule has 0 bridgehead atoms. The number of likely N-dealkylation sites (tertiary alicyclic amines) is 1. The molecule has 3 amide bonds. The first-order chi connectivity index (χ1) is 14.3. The lowest BCUT2D eigenvalue weighted by Gasteiger charge is -2.30. The van der Waals surface area contributed by atoms with Crippen molar-refractivity contribution in [1.29, 1.82) is 0 Å². The predicted molar refractivity (Wildman–Crippen MR) is 110 cm³/mol. The van der Waals surface area contributed by atoms with Gasteiger partial charge in [0.2, 0.25) is 21.8 Å². The van der Waals surface area contributed by atoms with Crippen LogP contribution in [0.1, 0.15) is 44.9 Å². The van der Waals surface area contributed by atoms with Gasteiger partial charge in [-0.05, 0) is 37.8 Å². The number of imide groups is 1. The van der Waals surface area contributed by atoms with Gasteiger partial charge in [0.25, 0.3) is 0 Å². The Bertz CT molecular complexity index is 858. The molecule has 2 fully saturated rings. The largest absolute Gasteiger partial charge is 0.446 e. The van der Waals surface area contributed by atoms with E-state index in [9.17, 15) is 22.8 Å². The van der Waals surface area contributed by atoms with Gasteiger partial charge in [0.05, 0.1) is 5.75 Å². The molecule has 2 unspecified atom stereocenters. The number of nitrogens with zero attached hydrogens (tertiary/aromatic N) is 1. The molecular formula is C20H27N3O6S. The Morgan fingerprint density at radius 1 is 1.07 bits per heavy atom. The minimum atomic E-state index is -3.68. The van der Waals surface area contributed by atoms with Crippen molar-refractivity contribution in [2.45, 2.75) is 57.1 Å². The number of rotatable bonds is 7. The summed E-state index contributed by atoms with van der Waals surface area (Å²) >= 11 is 0. The van der Waals surface area contributed by atoms with E-state index in [1.165, 1.54) is 0 Å². The van der Waals surface area contributed by atoms with Crippen molar-refractivity contribution >= 4 is 33.6 Å². The monoisotopic (exact) mass is 437 g/mol. The third kappa shape index (κ3) is 6.53. The Morgan fingerprint density at radius 2 is 1.77 bits per heavy atom. The van der Waals surface area contributed by atoms with E-state index in [0.29, 0.717) is 31.4 Å². The topological polar surface area (TPSA) is 122 Å². The minimum absolute atomic E-state index is 0.140. The smallest absolute Gasteiger partial charge is 0.411 e. The highest BCUT2D eigenvalue weighted by Gasteiger charge is 2.30. The van der Waals surface area contributed by atoms with Gasteiger partial charge in [0.15, 0.2) is 0 Å². The van der Waals surface area contributed by atoms with Gasteiger partial charge >= 0.3 is 6.09 Å². The fourth-order valence-electron chi connectivity index (χ4n) is 3.75. The molecule has 0 spiro atoms. The van der Waals surface area contributed by atoms with Crippen molar-refractivity contribution in [3.05, 3.63) is 30.3 Å². The number of sulfonamides is 1. The number of benzene rings is 1. The van der Waals surface area contributed by atoms with Crippen molar-refractivity contribution < 1.29 is 27.5 Å². The number of nitrogens with one attached hydrogen (secondary N) is 2. The lowest BCUT2D eigenvalue weighted by molar-refractivity contribution is -0.147. The first-order valence-electron chi connectivity index (χ1n) is 10.2. The molecule has 9 nitrogen and oxygen atoms in total. The van der Waals surface area contributed by atoms with Crippen molar-refractivity contribution in [2.24, 2.45) is 0 Å². The van der Waals surface area contributed by atoms with Crippen LogP contribution in [0.3, 0.4) is 0 Å². The van der Waals surface area contributed by atoms with Crippen molar-refractivity contribution in [3.8, 4) is 0 Å². The number of ether oxygens (including phenoxy) is 1. The zero-order chi connectivity index (χ0) is 21.6. The fourth-order valence-corrected chi connectivity index (χ4v) is 5.02. The van der Waals surface area contributed by atoms with Gasteiger partial charge in [0, 0.05) is 37.5 Å². The van der Waals surface area contributed by atoms with E-state index < -0.39 is 16.1 Å². The van der Waals surface area contributed by atoms with Gasteiger partial charge in [-0.15, -0.1) is 0 Å². The van der Waals surface area contributed by atoms with Crippen LogP contribution < -0.4 is 10.0 Å². The van der Waals surface area contributed by atoms with Crippen molar-refractivity contribution in [3.63, 3.8) is 0 Å². The Hall–Kier alpha value is -2.46. The highest BCUT2D eigenvalue weighted by atomic mass is 32.2. The predicted octanol–water partition coefficient (Wildman–Crippen LogP) is 2.00. The summed E-state index contributed by atoms with van der Waals surface area (Å²) in [6.07, 6.45) is 2.50. The summed E-state index contributed by atoms with van der Waals surface area (Å²) in [7, 11) is -3.68. The maximum absolute atomic E-state index is 12.4. The molecule has 0 aromatic heterocycles. The first kappa shape index (κ1) is 22.2. The van der Waals surface area contributed by atoms with E-state index in [2.05, 4.69) is 10.0 Å². The number of piperidine rings is 1.